The number of ether oxygens (including phenoxy) is 1. The molecule has 0 spiro atoms. The van der Waals surface area contributed by atoms with E-state index < -0.39 is 5.97 Å². The first-order valence-corrected chi connectivity index (χ1v) is 10.1. The van der Waals surface area contributed by atoms with Gasteiger partial charge in [-0.25, -0.2) is 4.98 Å². The summed E-state index contributed by atoms with van der Waals surface area (Å²) in [6.07, 6.45) is -0.158. The summed E-state index contributed by atoms with van der Waals surface area (Å²) in [7, 11) is 0. The van der Waals surface area contributed by atoms with Crippen molar-refractivity contribution in [1.29, 1.82) is 0 Å². The van der Waals surface area contributed by atoms with E-state index in [0.717, 1.165) is 21.9 Å². The van der Waals surface area contributed by atoms with Crippen molar-refractivity contribution >= 4 is 17.3 Å². The average molecular weight is 395 g/mol. The zero-order chi connectivity index (χ0) is 20.3. The van der Waals surface area contributed by atoms with Gasteiger partial charge in [-0.2, -0.15) is 0 Å². The van der Waals surface area contributed by atoms with Crippen molar-refractivity contribution in [3.05, 3.63) is 70.2 Å². The molecule has 28 heavy (non-hydrogen) atoms. The van der Waals surface area contributed by atoms with Crippen LogP contribution in [-0.4, -0.2) is 11.0 Å². The number of aromatic nitrogens is 1. The maximum absolute atomic E-state index is 10.7. The summed E-state index contributed by atoms with van der Waals surface area (Å²) in [5, 5.41) is 13.3. The molecule has 5 heteroatoms. The van der Waals surface area contributed by atoms with Crippen LogP contribution < -0.4 is 9.84 Å². The summed E-state index contributed by atoms with van der Waals surface area (Å²) in [5.74, 6) is -0.196. The van der Waals surface area contributed by atoms with E-state index in [1.807, 2.05) is 24.3 Å². The van der Waals surface area contributed by atoms with Gasteiger partial charge in [0.15, 0.2) is 0 Å². The van der Waals surface area contributed by atoms with Crippen molar-refractivity contribution in [1.82, 2.24) is 4.98 Å². The van der Waals surface area contributed by atoms with Gasteiger partial charge in [0.2, 0.25) is 0 Å². The van der Waals surface area contributed by atoms with Crippen LogP contribution in [-0.2, 0) is 23.2 Å². The fourth-order valence-electron chi connectivity index (χ4n) is 2.94. The smallest absolute Gasteiger partial charge is 0.123 e. The molecule has 3 aromatic rings. The quantitative estimate of drug-likeness (QED) is 0.626. The van der Waals surface area contributed by atoms with Crippen LogP contribution >= 0.6 is 11.3 Å². The van der Waals surface area contributed by atoms with Gasteiger partial charge in [0.05, 0.1) is 5.69 Å². The van der Waals surface area contributed by atoms with E-state index in [2.05, 4.69) is 50.9 Å². The van der Waals surface area contributed by atoms with Crippen LogP contribution in [0.15, 0.2) is 47.8 Å². The number of carboxylic acids is 1. The Bertz CT molecular complexity index is 968. The van der Waals surface area contributed by atoms with Gasteiger partial charge in [0, 0.05) is 23.3 Å². The summed E-state index contributed by atoms with van der Waals surface area (Å²) in [4.78, 5) is 15.1. The summed E-state index contributed by atoms with van der Waals surface area (Å²) < 4.78 is 6.14. The molecule has 0 aliphatic rings. The first kappa shape index (κ1) is 20.1. The second kappa shape index (κ2) is 8.15. The highest BCUT2D eigenvalue weighted by Crippen LogP contribution is 2.32. The van der Waals surface area contributed by atoms with Crippen LogP contribution in [0.3, 0.4) is 0 Å². The number of thiazole rings is 1. The van der Waals surface area contributed by atoms with Gasteiger partial charge in [-0.1, -0.05) is 57.2 Å². The van der Waals surface area contributed by atoms with E-state index in [9.17, 15) is 9.90 Å². The lowest BCUT2D eigenvalue weighted by molar-refractivity contribution is -0.304. The van der Waals surface area contributed by atoms with Crippen molar-refractivity contribution in [3.63, 3.8) is 0 Å². The molecule has 1 aromatic heterocycles. The number of hydrogen-bond donors (Lipinski definition) is 0. The second-order valence-electron chi connectivity index (χ2n) is 7.93. The molecule has 3 rings (SSSR count). The molecule has 146 valence electrons. The number of benzene rings is 2. The van der Waals surface area contributed by atoms with Crippen molar-refractivity contribution in [2.45, 2.75) is 46.1 Å². The highest BCUT2D eigenvalue weighted by Gasteiger charge is 2.19. The minimum absolute atomic E-state index is 0.0148. The third-order valence-corrected chi connectivity index (χ3v) is 5.36. The SMILES string of the molecule is Cc1ccc(C(C)(C)C)c(OCc2ccc(-c3nc(CC(=O)[O-])cs3)cc2)c1. The van der Waals surface area contributed by atoms with E-state index >= 15 is 0 Å². The number of nitrogens with zero attached hydrogens (tertiary/aromatic N) is 1. The molecule has 1 heterocycles. The number of hydrogen-bond acceptors (Lipinski definition) is 5. The summed E-state index contributed by atoms with van der Waals surface area (Å²) >= 11 is 1.43. The summed E-state index contributed by atoms with van der Waals surface area (Å²) in [5.41, 5.74) is 4.94. The fourth-order valence-corrected chi connectivity index (χ4v) is 3.77. The third kappa shape index (κ3) is 4.98. The molecule has 0 saturated carbocycles. The Labute approximate surface area is 169 Å². The van der Waals surface area contributed by atoms with E-state index in [0.29, 0.717) is 12.3 Å². The maximum atomic E-state index is 10.7. The lowest BCUT2D eigenvalue weighted by atomic mass is 9.86. The Morgan fingerprint density at radius 3 is 2.50 bits per heavy atom. The topological polar surface area (TPSA) is 62.2 Å². The molecular weight excluding hydrogens is 370 g/mol. The Kier molecular flexibility index (Phi) is 5.84. The van der Waals surface area contributed by atoms with Crippen LogP contribution in [0.25, 0.3) is 10.6 Å². The first-order chi connectivity index (χ1) is 13.2. The second-order valence-corrected chi connectivity index (χ2v) is 8.79. The van der Waals surface area contributed by atoms with Crippen LogP contribution in [0.1, 0.15) is 43.2 Å². The monoisotopic (exact) mass is 394 g/mol. The molecule has 0 amide bonds. The predicted molar refractivity (Wildman–Crippen MR) is 110 cm³/mol. The summed E-state index contributed by atoms with van der Waals surface area (Å²) in [6.45, 7) is 9.10. The van der Waals surface area contributed by atoms with Gasteiger partial charge >= 0.3 is 0 Å². The van der Waals surface area contributed by atoms with Gasteiger partial charge in [0.25, 0.3) is 0 Å². The fraction of sp³-hybridized carbons (Fsp3) is 0.304. The predicted octanol–water partition coefficient (Wildman–Crippen LogP) is 4.29. The molecule has 0 aliphatic carbocycles. The van der Waals surface area contributed by atoms with Crippen molar-refractivity contribution in [2.75, 3.05) is 0 Å². The molecule has 0 atom stereocenters. The van der Waals surface area contributed by atoms with E-state index in [1.165, 1.54) is 22.5 Å². The Balaban J connectivity index is 1.71. The van der Waals surface area contributed by atoms with E-state index in [-0.39, 0.29) is 11.8 Å². The van der Waals surface area contributed by atoms with Gasteiger partial charge in [-0.3, -0.25) is 0 Å². The number of rotatable bonds is 6. The Morgan fingerprint density at radius 2 is 1.86 bits per heavy atom. The summed E-state index contributed by atoms with van der Waals surface area (Å²) in [6, 6.07) is 14.3. The number of aliphatic carboxylic acids is 1. The Morgan fingerprint density at radius 1 is 1.14 bits per heavy atom. The molecule has 4 nitrogen and oxygen atoms in total. The lowest BCUT2D eigenvalue weighted by Gasteiger charge is -2.23. The minimum Gasteiger partial charge on any atom is -0.550 e. The zero-order valence-electron chi connectivity index (χ0n) is 16.6. The van der Waals surface area contributed by atoms with Crippen molar-refractivity contribution in [2.24, 2.45) is 0 Å². The standard InChI is InChI=1S/C23H25NO3S/c1-15-5-10-19(23(2,3)4)20(11-15)27-13-16-6-8-17(9-7-16)22-24-18(14-28-22)12-21(25)26/h5-11,14H,12-13H2,1-4H3,(H,25,26)/p-1. The highest BCUT2D eigenvalue weighted by atomic mass is 32.1. The average Bonchev–Trinajstić information content (AvgIpc) is 3.07. The highest BCUT2D eigenvalue weighted by molar-refractivity contribution is 7.13. The first-order valence-electron chi connectivity index (χ1n) is 9.20. The van der Waals surface area contributed by atoms with Gasteiger partial charge in [0.1, 0.15) is 17.4 Å². The molecule has 0 radical (unpaired) electrons. The zero-order valence-corrected chi connectivity index (χ0v) is 17.4. The largest absolute Gasteiger partial charge is 0.550 e. The normalized spacial score (nSPS) is 11.4. The lowest BCUT2D eigenvalue weighted by Crippen LogP contribution is -2.24. The van der Waals surface area contributed by atoms with Crippen LogP contribution in [0.4, 0.5) is 0 Å². The molecule has 0 bridgehead atoms. The van der Waals surface area contributed by atoms with Crippen molar-refractivity contribution in [3.8, 4) is 16.3 Å². The molecule has 2 aromatic carbocycles. The van der Waals surface area contributed by atoms with Gasteiger partial charge in [-0.15, -0.1) is 11.3 Å². The maximum Gasteiger partial charge on any atom is 0.123 e. The number of carbonyl (C=O) groups excluding carboxylic acids is 1. The third-order valence-electron chi connectivity index (χ3n) is 4.42. The van der Waals surface area contributed by atoms with Crippen molar-refractivity contribution < 1.29 is 14.6 Å². The number of carbonyl (C=O) groups is 1. The van der Waals surface area contributed by atoms with Gasteiger partial charge in [-0.05, 0) is 35.1 Å². The molecule has 0 fully saturated rings. The molecule has 0 N–H and O–H groups in total. The van der Waals surface area contributed by atoms with Crippen LogP contribution in [0.2, 0.25) is 0 Å². The van der Waals surface area contributed by atoms with E-state index in [1.54, 1.807) is 5.38 Å². The Hall–Kier alpha value is -2.66. The van der Waals surface area contributed by atoms with Crippen LogP contribution in [0.5, 0.6) is 5.75 Å². The molecular formula is C23H24NO3S-. The number of carboxylic acid groups (broad SMARTS) is 1. The van der Waals surface area contributed by atoms with Crippen LogP contribution in [0, 0.1) is 6.92 Å². The molecule has 0 saturated heterocycles. The molecule has 0 unspecified atom stereocenters. The van der Waals surface area contributed by atoms with E-state index in [4.69, 9.17) is 4.74 Å². The minimum atomic E-state index is -1.12. The molecule has 0 aliphatic heterocycles. The number of aryl methyl sites for hydroxylation is 1. The van der Waals surface area contributed by atoms with Gasteiger partial charge < -0.3 is 14.6 Å².